The molecule has 0 saturated carbocycles. The molecule has 1 aromatic rings. The minimum atomic E-state index is -4.38. The number of methoxy groups -OCH3 is 1. The van der Waals surface area contributed by atoms with E-state index in [0.29, 0.717) is 5.75 Å². The van der Waals surface area contributed by atoms with Gasteiger partial charge in [0, 0.05) is 12.1 Å². The fourth-order valence-corrected chi connectivity index (χ4v) is 2.20. The van der Waals surface area contributed by atoms with E-state index in [1.807, 2.05) is 0 Å². The summed E-state index contributed by atoms with van der Waals surface area (Å²) in [7, 11) is 4.89. The van der Waals surface area contributed by atoms with Crippen molar-refractivity contribution in [2.75, 3.05) is 21.2 Å². The highest BCUT2D eigenvalue weighted by atomic mass is 19.4. The van der Waals surface area contributed by atoms with Crippen LogP contribution in [-0.2, 0) is 12.7 Å². The number of nitrogens with zero attached hydrogens (tertiary/aromatic N) is 1. The third-order valence-electron chi connectivity index (χ3n) is 2.86. The maximum atomic E-state index is 13.4. The van der Waals surface area contributed by atoms with E-state index in [9.17, 15) is 13.2 Å². The molecule has 0 saturated heterocycles. The smallest absolute Gasteiger partial charge is 0.417 e. The minimum absolute atomic E-state index is 0.231. The van der Waals surface area contributed by atoms with Crippen molar-refractivity contribution in [3.63, 3.8) is 0 Å². The summed E-state index contributed by atoms with van der Waals surface area (Å²) < 4.78 is 45.2. The van der Waals surface area contributed by atoms with Gasteiger partial charge in [0.15, 0.2) is 0 Å². The number of hydrogen-bond donors (Lipinski definition) is 0. The predicted octanol–water partition coefficient (Wildman–Crippen LogP) is 3.90. The maximum Gasteiger partial charge on any atom is 0.417 e. The molecule has 108 valence electrons. The van der Waals surface area contributed by atoms with Crippen LogP contribution in [0.1, 0.15) is 36.5 Å². The fourth-order valence-electron chi connectivity index (χ4n) is 2.20. The van der Waals surface area contributed by atoms with Crippen LogP contribution in [0.4, 0.5) is 13.2 Å². The van der Waals surface area contributed by atoms with Gasteiger partial charge in [0.1, 0.15) is 5.75 Å². The first-order valence-electron chi connectivity index (χ1n) is 6.10. The molecule has 0 N–H and O–H groups in total. The standard InChI is InChI=1S/C14H20F3NO/c1-9(2)12-11(19-5)7-6-10(8-18(3)4)13(12)14(15,16)17/h6-7,9H,8H2,1-5H3. The summed E-state index contributed by atoms with van der Waals surface area (Å²) in [6.07, 6.45) is -4.38. The second kappa shape index (κ2) is 5.82. The summed E-state index contributed by atoms with van der Waals surface area (Å²) >= 11 is 0. The average Bonchev–Trinajstić information content (AvgIpc) is 2.25. The zero-order chi connectivity index (χ0) is 14.8. The molecule has 19 heavy (non-hydrogen) atoms. The van der Waals surface area contributed by atoms with Gasteiger partial charge in [-0.2, -0.15) is 13.2 Å². The van der Waals surface area contributed by atoms with E-state index >= 15 is 0 Å². The number of halogens is 3. The van der Waals surface area contributed by atoms with Crippen molar-refractivity contribution >= 4 is 0 Å². The van der Waals surface area contributed by atoms with Gasteiger partial charge in [0.25, 0.3) is 0 Å². The summed E-state index contributed by atoms with van der Waals surface area (Å²) in [5.74, 6) is 0.0403. The topological polar surface area (TPSA) is 12.5 Å². The van der Waals surface area contributed by atoms with Gasteiger partial charge < -0.3 is 9.64 Å². The molecular weight excluding hydrogens is 255 g/mol. The maximum absolute atomic E-state index is 13.4. The Kier molecular flexibility index (Phi) is 4.85. The Morgan fingerprint density at radius 2 is 1.79 bits per heavy atom. The van der Waals surface area contributed by atoms with E-state index < -0.39 is 11.7 Å². The van der Waals surface area contributed by atoms with Crippen molar-refractivity contribution < 1.29 is 17.9 Å². The van der Waals surface area contributed by atoms with Crippen molar-refractivity contribution in [3.8, 4) is 5.75 Å². The monoisotopic (exact) mass is 275 g/mol. The summed E-state index contributed by atoms with van der Waals surface area (Å²) in [5, 5.41) is 0. The Balaban J connectivity index is 3.55. The van der Waals surface area contributed by atoms with E-state index in [2.05, 4.69) is 0 Å². The third kappa shape index (κ3) is 3.62. The number of ether oxygens (including phenoxy) is 1. The molecule has 2 nitrogen and oxygen atoms in total. The molecule has 1 aromatic carbocycles. The molecular formula is C14H20F3NO. The van der Waals surface area contributed by atoms with Gasteiger partial charge >= 0.3 is 6.18 Å². The third-order valence-corrected chi connectivity index (χ3v) is 2.86. The molecule has 0 unspecified atom stereocenters. The van der Waals surface area contributed by atoms with Crippen LogP contribution >= 0.6 is 0 Å². The van der Waals surface area contributed by atoms with Gasteiger partial charge in [-0.15, -0.1) is 0 Å². The Morgan fingerprint density at radius 3 is 2.16 bits per heavy atom. The molecule has 1 rings (SSSR count). The zero-order valence-corrected chi connectivity index (χ0v) is 11.9. The van der Waals surface area contributed by atoms with E-state index in [1.54, 1.807) is 38.9 Å². The highest BCUT2D eigenvalue weighted by Gasteiger charge is 2.38. The molecule has 0 aliphatic carbocycles. The van der Waals surface area contributed by atoms with E-state index in [-0.39, 0.29) is 23.6 Å². The molecule has 0 spiro atoms. The Labute approximate surface area is 112 Å². The normalized spacial score (nSPS) is 12.3. The Bertz CT molecular complexity index is 439. The molecule has 5 heteroatoms. The number of rotatable bonds is 4. The molecule has 0 bridgehead atoms. The van der Waals surface area contributed by atoms with Crippen molar-refractivity contribution in [2.45, 2.75) is 32.5 Å². The fraction of sp³-hybridized carbons (Fsp3) is 0.571. The number of benzene rings is 1. The highest BCUT2D eigenvalue weighted by Crippen LogP contribution is 2.42. The predicted molar refractivity (Wildman–Crippen MR) is 69.5 cm³/mol. The van der Waals surface area contributed by atoms with Crippen LogP contribution in [0.2, 0.25) is 0 Å². The largest absolute Gasteiger partial charge is 0.496 e. The second-order valence-electron chi connectivity index (χ2n) is 5.11. The van der Waals surface area contributed by atoms with Crippen LogP contribution in [0, 0.1) is 0 Å². The van der Waals surface area contributed by atoms with Crippen LogP contribution < -0.4 is 4.74 Å². The SMILES string of the molecule is COc1ccc(CN(C)C)c(C(F)(F)F)c1C(C)C. The van der Waals surface area contributed by atoms with Gasteiger partial charge in [-0.05, 0) is 31.6 Å². The number of alkyl halides is 3. The summed E-state index contributed by atoms with van der Waals surface area (Å²) in [4.78, 5) is 1.72. The van der Waals surface area contributed by atoms with Gasteiger partial charge in [-0.1, -0.05) is 19.9 Å². The second-order valence-corrected chi connectivity index (χ2v) is 5.11. The number of hydrogen-bond acceptors (Lipinski definition) is 2. The molecule has 0 heterocycles. The van der Waals surface area contributed by atoms with E-state index in [0.717, 1.165) is 0 Å². The van der Waals surface area contributed by atoms with Gasteiger partial charge in [0.05, 0.1) is 12.7 Å². The molecule has 0 fully saturated rings. The van der Waals surface area contributed by atoms with Crippen molar-refractivity contribution in [2.24, 2.45) is 0 Å². The first kappa shape index (κ1) is 15.8. The van der Waals surface area contributed by atoms with Gasteiger partial charge in [0.2, 0.25) is 0 Å². The lowest BCUT2D eigenvalue weighted by Gasteiger charge is -2.23. The van der Waals surface area contributed by atoms with Crippen LogP contribution in [0.3, 0.4) is 0 Å². The van der Waals surface area contributed by atoms with Crippen LogP contribution in [-0.4, -0.2) is 26.1 Å². The molecule has 0 atom stereocenters. The van der Waals surface area contributed by atoms with E-state index in [1.165, 1.54) is 13.2 Å². The molecule has 0 aliphatic heterocycles. The van der Waals surface area contributed by atoms with Gasteiger partial charge in [-0.3, -0.25) is 0 Å². The molecule has 0 amide bonds. The van der Waals surface area contributed by atoms with Crippen molar-refractivity contribution in [1.82, 2.24) is 4.90 Å². The summed E-state index contributed by atoms with van der Waals surface area (Å²) in [5.41, 5.74) is -0.0492. The Hall–Kier alpha value is -1.23. The van der Waals surface area contributed by atoms with Crippen LogP contribution in [0.25, 0.3) is 0 Å². The summed E-state index contributed by atoms with van der Waals surface area (Å²) in [6.45, 7) is 3.73. The Morgan fingerprint density at radius 1 is 1.21 bits per heavy atom. The highest BCUT2D eigenvalue weighted by molar-refractivity contribution is 5.48. The lowest BCUT2D eigenvalue weighted by Crippen LogP contribution is -2.19. The molecule has 0 aromatic heterocycles. The van der Waals surface area contributed by atoms with Crippen molar-refractivity contribution in [1.29, 1.82) is 0 Å². The average molecular weight is 275 g/mol. The first-order valence-corrected chi connectivity index (χ1v) is 6.10. The minimum Gasteiger partial charge on any atom is -0.496 e. The summed E-state index contributed by atoms with van der Waals surface area (Å²) in [6, 6.07) is 3.11. The van der Waals surface area contributed by atoms with Crippen LogP contribution in [0.15, 0.2) is 12.1 Å². The van der Waals surface area contributed by atoms with Gasteiger partial charge in [-0.25, -0.2) is 0 Å². The first-order chi connectivity index (χ1) is 8.68. The lowest BCUT2D eigenvalue weighted by molar-refractivity contribution is -0.139. The lowest BCUT2D eigenvalue weighted by atomic mass is 9.91. The van der Waals surface area contributed by atoms with E-state index in [4.69, 9.17) is 4.74 Å². The van der Waals surface area contributed by atoms with Crippen LogP contribution in [0.5, 0.6) is 5.75 Å². The van der Waals surface area contributed by atoms with Crippen molar-refractivity contribution in [3.05, 3.63) is 28.8 Å². The molecule has 0 radical (unpaired) electrons. The zero-order valence-electron chi connectivity index (χ0n) is 11.9. The quantitative estimate of drug-likeness (QED) is 0.826. The molecule has 0 aliphatic rings.